The molecule has 0 atom stereocenters. The molecule has 0 spiro atoms. The maximum Gasteiger partial charge on any atom is 0.404 e. The van der Waals surface area contributed by atoms with Crippen LogP contribution < -0.4 is 16.2 Å². The zero-order valence-electron chi connectivity index (χ0n) is 16.2. The maximum atomic E-state index is 12.6. The first-order valence-electron chi connectivity index (χ1n) is 9.47. The van der Waals surface area contributed by atoms with Crippen LogP contribution in [0.15, 0.2) is 29.1 Å². The van der Waals surface area contributed by atoms with Crippen molar-refractivity contribution in [3.05, 3.63) is 45.7 Å². The molecule has 0 radical (unpaired) electrons. The summed E-state index contributed by atoms with van der Waals surface area (Å²) in [6.45, 7) is 4.68. The lowest BCUT2D eigenvalue weighted by Gasteiger charge is -2.32. The van der Waals surface area contributed by atoms with Crippen molar-refractivity contribution < 1.29 is 14.7 Å². The number of nitrogens with zero attached hydrogens (tertiary/aromatic N) is 2. The zero-order chi connectivity index (χ0) is 20.3. The zero-order valence-corrected chi connectivity index (χ0v) is 16.2. The van der Waals surface area contributed by atoms with Gasteiger partial charge in [0.1, 0.15) is 0 Å². The van der Waals surface area contributed by atoms with Crippen LogP contribution >= 0.6 is 0 Å². The number of pyridine rings is 1. The van der Waals surface area contributed by atoms with Crippen LogP contribution in [-0.2, 0) is 6.54 Å². The summed E-state index contributed by atoms with van der Waals surface area (Å²) in [5.41, 5.74) is 2.09. The number of carbonyl (C=O) groups is 2. The number of hydrogen-bond acceptors (Lipinski definition) is 4. The highest BCUT2D eigenvalue weighted by atomic mass is 16.4. The Kier molecular flexibility index (Phi) is 5.99. The van der Waals surface area contributed by atoms with Gasteiger partial charge in [-0.3, -0.25) is 9.59 Å². The van der Waals surface area contributed by atoms with Crippen LogP contribution in [0.1, 0.15) is 28.8 Å². The van der Waals surface area contributed by atoms with Crippen LogP contribution in [0.25, 0.3) is 10.9 Å². The number of amides is 2. The van der Waals surface area contributed by atoms with Gasteiger partial charge in [0.15, 0.2) is 0 Å². The number of nitrogens with one attached hydrogen (secondary N) is 2. The molecule has 1 aromatic carbocycles. The second kappa shape index (κ2) is 8.43. The molecule has 1 aliphatic heterocycles. The van der Waals surface area contributed by atoms with Crippen LogP contribution in [0.3, 0.4) is 0 Å². The molecule has 1 fully saturated rings. The highest BCUT2D eigenvalue weighted by molar-refractivity contribution is 5.98. The van der Waals surface area contributed by atoms with E-state index in [2.05, 4.69) is 15.5 Å². The second-order valence-corrected chi connectivity index (χ2v) is 7.19. The summed E-state index contributed by atoms with van der Waals surface area (Å²) in [5, 5.41) is 14.9. The van der Waals surface area contributed by atoms with Crippen molar-refractivity contribution in [3.8, 4) is 0 Å². The molecule has 0 aliphatic carbocycles. The van der Waals surface area contributed by atoms with Crippen molar-refractivity contribution in [2.24, 2.45) is 0 Å². The van der Waals surface area contributed by atoms with Crippen molar-refractivity contribution in [2.45, 2.75) is 32.4 Å². The predicted molar refractivity (Wildman–Crippen MR) is 107 cm³/mol. The van der Waals surface area contributed by atoms with E-state index in [1.165, 1.54) is 0 Å². The number of fused-ring (bicyclic) bond motifs is 1. The summed E-state index contributed by atoms with van der Waals surface area (Å²) in [5.74, 6) is -0.185. The van der Waals surface area contributed by atoms with Gasteiger partial charge in [0.2, 0.25) is 0 Å². The van der Waals surface area contributed by atoms with E-state index >= 15 is 0 Å². The first-order chi connectivity index (χ1) is 13.4. The number of aryl methyl sites for hydroxylation is 1. The van der Waals surface area contributed by atoms with E-state index in [1.807, 2.05) is 13.0 Å². The van der Waals surface area contributed by atoms with Gasteiger partial charge in [-0.1, -0.05) is 6.07 Å². The third-order valence-electron chi connectivity index (χ3n) is 5.36. The van der Waals surface area contributed by atoms with Crippen molar-refractivity contribution in [2.75, 3.05) is 26.7 Å². The molecule has 1 saturated heterocycles. The monoisotopic (exact) mass is 386 g/mol. The lowest BCUT2D eigenvalue weighted by atomic mass is 10.1. The Morgan fingerprint density at radius 1 is 1.18 bits per heavy atom. The minimum atomic E-state index is -0.983. The molecule has 8 heteroatoms. The third kappa shape index (κ3) is 4.33. The Morgan fingerprint density at radius 2 is 1.89 bits per heavy atom. The maximum absolute atomic E-state index is 12.6. The van der Waals surface area contributed by atoms with Crippen LogP contribution in [0.2, 0.25) is 0 Å². The van der Waals surface area contributed by atoms with Gasteiger partial charge in [-0.2, -0.15) is 0 Å². The number of hydrogen-bond donors (Lipinski definition) is 3. The van der Waals surface area contributed by atoms with E-state index in [9.17, 15) is 14.4 Å². The van der Waals surface area contributed by atoms with Gasteiger partial charge >= 0.3 is 6.09 Å². The van der Waals surface area contributed by atoms with Crippen LogP contribution in [0.5, 0.6) is 0 Å². The standard InChI is InChI=1S/C20H26N4O4/c1-13-11-18(25)24(17-12-14(19(26)21-2)3-4-16(13)17)10-9-23-7-5-15(6-8-23)22-20(27)28/h3-4,11-12,15,22H,5-10H2,1-2H3,(H,21,26)(H,27,28). The Labute approximate surface area is 163 Å². The molecule has 0 unspecified atom stereocenters. The number of aromatic nitrogens is 1. The van der Waals surface area contributed by atoms with Crippen molar-refractivity contribution >= 4 is 22.9 Å². The fourth-order valence-corrected chi connectivity index (χ4v) is 3.78. The summed E-state index contributed by atoms with van der Waals surface area (Å²) >= 11 is 0. The van der Waals surface area contributed by atoms with Crippen LogP contribution in [0.4, 0.5) is 4.79 Å². The molecular weight excluding hydrogens is 360 g/mol. The van der Waals surface area contributed by atoms with Crippen LogP contribution in [-0.4, -0.2) is 59.3 Å². The largest absolute Gasteiger partial charge is 0.465 e. The first-order valence-corrected chi connectivity index (χ1v) is 9.47. The van der Waals surface area contributed by atoms with Gasteiger partial charge in [-0.25, -0.2) is 4.79 Å². The van der Waals surface area contributed by atoms with Crippen LogP contribution in [0, 0.1) is 6.92 Å². The molecule has 0 saturated carbocycles. The summed E-state index contributed by atoms with van der Waals surface area (Å²) < 4.78 is 1.72. The molecule has 0 bridgehead atoms. The molecule has 8 nitrogen and oxygen atoms in total. The van der Waals surface area contributed by atoms with Crippen molar-refractivity contribution in [1.82, 2.24) is 20.1 Å². The molecule has 28 heavy (non-hydrogen) atoms. The Morgan fingerprint density at radius 3 is 2.54 bits per heavy atom. The van der Waals surface area contributed by atoms with Gasteiger partial charge in [0.05, 0.1) is 5.52 Å². The molecular formula is C20H26N4O4. The number of piperidine rings is 1. The minimum Gasteiger partial charge on any atom is -0.465 e. The Hall–Kier alpha value is -2.87. The SMILES string of the molecule is CNC(=O)c1ccc2c(C)cc(=O)n(CCN3CCC(NC(=O)O)CC3)c2c1. The van der Waals surface area contributed by atoms with E-state index in [1.54, 1.807) is 29.8 Å². The average Bonchev–Trinajstić information content (AvgIpc) is 2.67. The number of carbonyl (C=O) groups excluding carboxylic acids is 1. The third-order valence-corrected chi connectivity index (χ3v) is 5.36. The molecule has 2 aromatic rings. The smallest absolute Gasteiger partial charge is 0.404 e. The summed E-state index contributed by atoms with van der Waals surface area (Å²) in [4.78, 5) is 37.6. The van der Waals surface area contributed by atoms with E-state index in [0.717, 1.165) is 42.4 Å². The fraction of sp³-hybridized carbons (Fsp3) is 0.450. The molecule has 3 rings (SSSR count). The summed E-state index contributed by atoms with van der Waals surface area (Å²) in [6.07, 6.45) is 0.538. The number of likely N-dealkylation sites (tertiary alicyclic amines) is 1. The van der Waals surface area contributed by atoms with Gasteiger partial charge < -0.3 is 25.2 Å². The minimum absolute atomic E-state index is 0.00760. The molecule has 1 aliphatic rings. The number of benzene rings is 1. The Bertz CT molecular complexity index is 945. The molecule has 150 valence electrons. The van der Waals surface area contributed by atoms with E-state index in [-0.39, 0.29) is 17.5 Å². The van der Waals surface area contributed by atoms with Crippen molar-refractivity contribution in [1.29, 1.82) is 0 Å². The lowest BCUT2D eigenvalue weighted by Crippen LogP contribution is -2.45. The summed E-state index contributed by atoms with van der Waals surface area (Å²) in [6, 6.07) is 7.04. The Balaban J connectivity index is 1.78. The average molecular weight is 386 g/mol. The molecule has 1 aromatic heterocycles. The van der Waals surface area contributed by atoms with E-state index in [0.29, 0.717) is 18.7 Å². The summed E-state index contributed by atoms with van der Waals surface area (Å²) in [7, 11) is 1.58. The molecule has 3 N–H and O–H groups in total. The van der Waals surface area contributed by atoms with E-state index < -0.39 is 6.09 Å². The van der Waals surface area contributed by atoms with Crippen molar-refractivity contribution in [3.63, 3.8) is 0 Å². The molecule has 2 amide bonds. The van der Waals surface area contributed by atoms with E-state index in [4.69, 9.17) is 5.11 Å². The second-order valence-electron chi connectivity index (χ2n) is 7.19. The quantitative estimate of drug-likeness (QED) is 0.721. The van der Waals surface area contributed by atoms with Gasteiger partial charge in [-0.05, 0) is 37.5 Å². The first kappa shape index (κ1) is 19.9. The highest BCUT2D eigenvalue weighted by Gasteiger charge is 2.20. The predicted octanol–water partition coefficient (Wildman–Crippen LogP) is 1.40. The topological polar surface area (TPSA) is 104 Å². The normalized spacial score (nSPS) is 15.5. The van der Waals surface area contributed by atoms with Gasteiger partial charge in [-0.15, -0.1) is 0 Å². The lowest BCUT2D eigenvalue weighted by molar-refractivity contribution is 0.0963. The highest BCUT2D eigenvalue weighted by Crippen LogP contribution is 2.19. The molecule has 2 heterocycles. The van der Waals surface area contributed by atoms with Gasteiger partial charge in [0.25, 0.3) is 11.5 Å². The number of carboxylic acid groups (broad SMARTS) is 1. The fourth-order valence-electron chi connectivity index (χ4n) is 3.78. The number of rotatable bonds is 5. The van der Waals surface area contributed by atoms with Gasteiger partial charge in [0, 0.05) is 56.3 Å².